The van der Waals surface area contributed by atoms with E-state index in [9.17, 15) is 14.4 Å². The quantitative estimate of drug-likeness (QED) is 0.371. The van der Waals surface area contributed by atoms with Gasteiger partial charge in [0, 0.05) is 23.2 Å². The first-order valence-electron chi connectivity index (χ1n) is 7.84. The zero-order valence-electron chi connectivity index (χ0n) is 15.0. The number of carbonyl (C=O) groups excluding carboxylic acids is 1. The van der Waals surface area contributed by atoms with E-state index in [1.54, 1.807) is 0 Å². The first-order chi connectivity index (χ1) is 12.1. The van der Waals surface area contributed by atoms with Gasteiger partial charge >= 0.3 is 17.9 Å². The SMILES string of the molecule is CC(C(=O)OCCCN(C)C)c1ccc(Br)cc1.O=C(O)/C=C\C(=O)O. The lowest BCUT2D eigenvalue weighted by Crippen LogP contribution is -2.18. The number of carboxylic acid groups (broad SMARTS) is 2. The van der Waals surface area contributed by atoms with Crippen LogP contribution in [0.4, 0.5) is 0 Å². The fourth-order valence-electron chi connectivity index (χ4n) is 1.71. The number of nitrogens with zero attached hydrogens (tertiary/aromatic N) is 1. The minimum absolute atomic E-state index is 0.156. The molecule has 7 nitrogen and oxygen atoms in total. The molecule has 0 bridgehead atoms. The average Bonchev–Trinajstić information content (AvgIpc) is 2.57. The lowest BCUT2D eigenvalue weighted by atomic mass is 10.0. The Labute approximate surface area is 161 Å². The highest BCUT2D eigenvalue weighted by molar-refractivity contribution is 9.10. The maximum Gasteiger partial charge on any atom is 0.328 e. The van der Waals surface area contributed by atoms with Crippen molar-refractivity contribution in [2.45, 2.75) is 19.3 Å². The van der Waals surface area contributed by atoms with Crippen molar-refractivity contribution in [2.75, 3.05) is 27.2 Å². The fraction of sp³-hybridized carbons (Fsp3) is 0.389. The Bertz CT molecular complexity index is 597. The highest BCUT2D eigenvalue weighted by atomic mass is 79.9. The molecule has 26 heavy (non-hydrogen) atoms. The largest absolute Gasteiger partial charge is 0.478 e. The monoisotopic (exact) mass is 429 g/mol. The Morgan fingerprint density at radius 2 is 1.62 bits per heavy atom. The predicted molar refractivity (Wildman–Crippen MR) is 101 cm³/mol. The van der Waals surface area contributed by atoms with E-state index in [0.29, 0.717) is 18.8 Å². The molecule has 0 aliphatic heterocycles. The topological polar surface area (TPSA) is 104 Å². The number of hydrogen-bond acceptors (Lipinski definition) is 5. The third-order valence-corrected chi connectivity index (χ3v) is 3.61. The van der Waals surface area contributed by atoms with Gasteiger partial charge in [0.25, 0.3) is 0 Å². The smallest absolute Gasteiger partial charge is 0.328 e. The van der Waals surface area contributed by atoms with Gasteiger partial charge in [-0.05, 0) is 45.1 Å². The Morgan fingerprint density at radius 3 is 2.04 bits per heavy atom. The fourth-order valence-corrected chi connectivity index (χ4v) is 1.97. The highest BCUT2D eigenvalue weighted by Crippen LogP contribution is 2.19. The number of halogens is 1. The van der Waals surface area contributed by atoms with E-state index in [2.05, 4.69) is 20.8 Å². The normalized spacial score (nSPS) is 11.6. The van der Waals surface area contributed by atoms with Gasteiger partial charge in [-0.15, -0.1) is 0 Å². The van der Waals surface area contributed by atoms with Gasteiger partial charge in [-0.1, -0.05) is 28.1 Å². The average molecular weight is 430 g/mol. The van der Waals surface area contributed by atoms with Gasteiger partial charge in [0.2, 0.25) is 0 Å². The summed E-state index contributed by atoms with van der Waals surface area (Å²) in [6.45, 7) is 3.29. The molecule has 0 saturated heterocycles. The number of aliphatic carboxylic acids is 2. The Morgan fingerprint density at radius 1 is 1.12 bits per heavy atom. The van der Waals surface area contributed by atoms with Gasteiger partial charge in [-0.2, -0.15) is 0 Å². The molecule has 0 radical (unpaired) electrons. The molecule has 0 saturated carbocycles. The molecule has 0 amide bonds. The molecule has 0 fully saturated rings. The molecule has 1 aromatic carbocycles. The first-order valence-corrected chi connectivity index (χ1v) is 8.63. The zero-order chi connectivity index (χ0) is 20.1. The van der Waals surface area contributed by atoms with E-state index in [0.717, 1.165) is 23.0 Å². The van der Waals surface area contributed by atoms with Crippen molar-refractivity contribution in [2.24, 2.45) is 0 Å². The number of rotatable bonds is 8. The Kier molecular flexibility index (Phi) is 12.0. The lowest BCUT2D eigenvalue weighted by molar-refractivity contribution is -0.145. The van der Waals surface area contributed by atoms with Crippen molar-refractivity contribution in [3.8, 4) is 0 Å². The zero-order valence-corrected chi connectivity index (χ0v) is 16.6. The van der Waals surface area contributed by atoms with Gasteiger partial charge in [-0.25, -0.2) is 9.59 Å². The molecule has 0 heterocycles. The van der Waals surface area contributed by atoms with Crippen molar-refractivity contribution in [1.29, 1.82) is 0 Å². The molecule has 2 N–H and O–H groups in total. The van der Waals surface area contributed by atoms with Crippen LogP contribution in [-0.4, -0.2) is 60.3 Å². The van der Waals surface area contributed by atoms with Gasteiger partial charge in [0.05, 0.1) is 12.5 Å². The van der Waals surface area contributed by atoms with Crippen LogP contribution in [0.1, 0.15) is 24.8 Å². The second-order valence-corrected chi connectivity index (χ2v) is 6.52. The second-order valence-electron chi connectivity index (χ2n) is 5.61. The van der Waals surface area contributed by atoms with Gasteiger partial charge in [-0.3, -0.25) is 4.79 Å². The van der Waals surface area contributed by atoms with E-state index in [1.807, 2.05) is 45.3 Å². The summed E-state index contributed by atoms with van der Waals surface area (Å²) >= 11 is 3.38. The minimum Gasteiger partial charge on any atom is -0.478 e. The molecular weight excluding hydrogens is 406 g/mol. The van der Waals surface area contributed by atoms with E-state index < -0.39 is 11.9 Å². The lowest BCUT2D eigenvalue weighted by Gasteiger charge is -2.13. The molecular formula is C18H24BrNO6. The van der Waals surface area contributed by atoms with E-state index in [1.165, 1.54) is 0 Å². The van der Waals surface area contributed by atoms with Crippen LogP contribution in [0.3, 0.4) is 0 Å². The van der Waals surface area contributed by atoms with E-state index >= 15 is 0 Å². The number of hydrogen-bond donors (Lipinski definition) is 2. The first kappa shape index (κ1) is 23.8. The molecule has 8 heteroatoms. The molecule has 1 aromatic rings. The Balaban J connectivity index is 0.000000660. The molecule has 144 valence electrons. The molecule has 0 aromatic heterocycles. The van der Waals surface area contributed by atoms with Crippen LogP contribution in [0, 0.1) is 0 Å². The molecule has 1 unspecified atom stereocenters. The van der Waals surface area contributed by atoms with Crippen LogP contribution in [0.5, 0.6) is 0 Å². The minimum atomic E-state index is -1.26. The standard InChI is InChI=1S/C14H20BrNO2.C4H4O4/c1-11(12-5-7-13(15)8-6-12)14(17)18-10-4-9-16(2)3;5-3(6)1-2-4(7)8/h5-8,11H,4,9-10H2,1-3H3;1-2H,(H,5,6)(H,7,8)/b;2-1-. The molecule has 0 spiro atoms. The predicted octanol–water partition coefficient (Wildman–Crippen LogP) is 2.76. The van der Waals surface area contributed by atoms with Crippen molar-refractivity contribution < 1.29 is 29.3 Å². The van der Waals surface area contributed by atoms with Crippen molar-refractivity contribution in [3.63, 3.8) is 0 Å². The third-order valence-electron chi connectivity index (χ3n) is 3.09. The highest BCUT2D eigenvalue weighted by Gasteiger charge is 2.16. The van der Waals surface area contributed by atoms with Crippen molar-refractivity contribution in [1.82, 2.24) is 4.90 Å². The second kappa shape index (κ2) is 13.1. The van der Waals surface area contributed by atoms with Crippen LogP contribution < -0.4 is 0 Å². The van der Waals surface area contributed by atoms with Crippen molar-refractivity contribution in [3.05, 3.63) is 46.5 Å². The van der Waals surface area contributed by atoms with Crippen molar-refractivity contribution >= 4 is 33.8 Å². The summed E-state index contributed by atoms with van der Waals surface area (Å²) < 4.78 is 6.27. The van der Waals surface area contributed by atoms with E-state index in [-0.39, 0.29) is 11.9 Å². The number of ether oxygens (including phenoxy) is 1. The molecule has 0 aliphatic carbocycles. The summed E-state index contributed by atoms with van der Waals surface area (Å²) in [4.78, 5) is 33.0. The summed E-state index contributed by atoms with van der Waals surface area (Å²) in [5.41, 5.74) is 0.982. The van der Waals surface area contributed by atoms with E-state index in [4.69, 9.17) is 14.9 Å². The van der Waals surface area contributed by atoms with Crippen LogP contribution in [0.2, 0.25) is 0 Å². The van der Waals surface area contributed by atoms with Crippen LogP contribution >= 0.6 is 15.9 Å². The molecule has 0 aliphatic rings. The summed E-state index contributed by atoms with van der Waals surface area (Å²) in [7, 11) is 4.01. The van der Waals surface area contributed by atoms with Gasteiger partial charge in [0.15, 0.2) is 0 Å². The molecule has 1 rings (SSSR count). The van der Waals surface area contributed by atoms with Gasteiger partial charge < -0.3 is 19.8 Å². The number of carbonyl (C=O) groups is 3. The van der Waals surface area contributed by atoms with Gasteiger partial charge in [0.1, 0.15) is 0 Å². The van der Waals surface area contributed by atoms with Crippen LogP contribution in [0.15, 0.2) is 40.9 Å². The Hall–Kier alpha value is -2.19. The third kappa shape index (κ3) is 12.2. The molecule has 1 atom stereocenters. The summed E-state index contributed by atoms with van der Waals surface area (Å²) in [5.74, 6) is -2.88. The number of esters is 1. The number of carboxylic acids is 2. The number of benzene rings is 1. The summed E-state index contributed by atoms with van der Waals surface area (Å²) in [6, 6.07) is 7.75. The van der Waals surface area contributed by atoms with Crippen LogP contribution in [-0.2, 0) is 19.1 Å². The summed E-state index contributed by atoms with van der Waals surface area (Å²) in [5, 5.41) is 15.6. The maximum absolute atomic E-state index is 11.8. The van der Waals surface area contributed by atoms with Crippen LogP contribution in [0.25, 0.3) is 0 Å². The summed E-state index contributed by atoms with van der Waals surface area (Å²) in [6.07, 6.45) is 1.98. The maximum atomic E-state index is 11.8.